The molecule has 0 amide bonds. The predicted molar refractivity (Wildman–Crippen MR) is 421 cm³/mol. The van der Waals surface area contributed by atoms with Crippen molar-refractivity contribution in [3.05, 3.63) is 459 Å². The summed E-state index contributed by atoms with van der Waals surface area (Å²) in [5, 5.41) is 39.6. The van der Waals surface area contributed by atoms with Gasteiger partial charge in [0, 0.05) is 44.1 Å². The summed E-state index contributed by atoms with van der Waals surface area (Å²) in [6.07, 6.45) is 0.0239. The van der Waals surface area contributed by atoms with E-state index in [2.05, 4.69) is 315 Å². The van der Waals surface area contributed by atoms with Gasteiger partial charge < -0.3 is 10.2 Å². The number of rotatable bonds is 16. The van der Waals surface area contributed by atoms with Crippen molar-refractivity contribution in [3.63, 3.8) is 0 Å². The monoisotopic (exact) mass is 1420 g/mol. The molecule has 0 bridgehead atoms. The zero-order chi connectivity index (χ0) is 65.2. The first-order chi connectivity index (χ1) is 47.1. The summed E-state index contributed by atoms with van der Waals surface area (Å²) < 4.78 is 0. The number of hydrogen-bond donors (Lipinski definition) is 2. The molecule has 0 unspecified atom stereocenters. The predicted octanol–water partition coefficient (Wildman–Crippen LogP) is 18.3. The summed E-state index contributed by atoms with van der Waals surface area (Å²) >= 11 is 0. The van der Waals surface area contributed by atoms with Crippen molar-refractivity contribution in [2.75, 3.05) is 0 Å². The zero-order valence-electron chi connectivity index (χ0n) is 53.6. The average molecular weight is 1420 g/mol. The summed E-state index contributed by atoms with van der Waals surface area (Å²) in [5.41, 5.74) is 1.92. The summed E-state index contributed by atoms with van der Waals surface area (Å²) in [6, 6.07) is 152. The Balaban J connectivity index is 0.000000189. The molecule has 484 valence electrons. The van der Waals surface area contributed by atoms with Crippen molar-refractivity contribution in [1.29, 1.82) is 0 Å². The number of benzene rings is 14. The van der Waals surface area contributed by atoms with E-state index in [1.54, 1.807) is 0 Å². The molecule has 0 radical (unpaired) electrons. The molecule has 0 fully saturated rings. The Bertz CT molecular complexity index is 3800. The van der Waals surface area contributed by atoms with Gasteiger partial charge in [-0.25, -0.2) is 0 Å². The second-order valence-corrected chi connectivity index (χ2v) is 31.6. The molecule has 0 saturated carbocycles. The van der Waals surface area contributed by atoms with Gasteiger partial charge in [0.05, 0.1) is 22.3 Å². The Hall–Kier alpha value is -9.13. The second kappa shape index (κ2) is 41.7. The van der Waals surface area contributed by atoms with E-state index in [4.69, 9.17) is 0 Å². The van der Waals surface area contributed by atoms with Gasteiger partial charge in [-0.05, 0) is 121 Å². The molecular formula is C89H78Ni2O2P4+2. The summed E-state index contributed by atoms with van der Waals surface area (Å²) in [4.78, 5) is 0. The van der Waals surface area contributed by atoms with Gasteiger partial charge in [-0.2, -0.15) is 72.8 Å². The second-order valence-electron chi connectivity index (χ2n) is 21.9. The van der Waals surface area contributed by atoms with Gasteiger partial charge >= 0.3 is 0 Å². The van der Waals surface area contributed by atoms with Crippen LogP contribution >= 0.6 is 31.7 Å². The van der Waals surface area contributed by atoms with E-state index in [1.165, 1.54) is 53.0 Å². The molecule has 14 aromatic carbocycles. The maximum atomic E-state index is 12.3. The topological polar surface area (TPSA) is 40.5 Å². The van der Waals surface area contributed by atoms with E-state index in [0.717, 1.165) is 21.8 Å². The van der Waals surface area contributed by atoms with Crippen LogP contribution in [-0.4, -0.2) is 10.2 Å². The molecule has 2 nitrogen and oxygen atoms in total. The van der Waals surface area contributed by atoms with Crippen molar-refractivity contribution in [2.24, 2.45) is 0 Å². The average Bonchev–Trinajstić information content (AvgIpc) is 0.796. The van der Waals surface area contributed by atoms with Crippen LogP contribution in [0.2, 0.25) is 0 Å². The van der Waals surface area contributed by atoms with Crippen LogP contribution in [0.3, 0.4) is 0 Å². The van der Waals surface area contributed by atoms with Gasteiger partial charge in [-0.1, -0.05) is 243 Å². The molecule has 0 heterocycles. The van der Waals surface area contributed by atoms with E-state index < -0.39 is 31.7 Å². The van der Waals surface area contributed by atoms with E-state index >= 15 is 0 Å². The van der Waals surface area contributed by atoms with Crippen LogP contribution < -0.4 is 53.0 Å². The van der Waals surface area contributed by atoms with Gasteiger partial charge in [0.2, 0.25) is 0 Å². The molecule has 0 aliphatic carbocycles. The van der Waals surface area contributed by atoms with Crippen LogP contribution in [0, 0.1) is 12.1 Å². The Morgan fingerprint density at radius 2 is 0.361 bits per heavy atom. The van der Waals surface area contributed by atoms with Gasteiger partial charge in [0.15, 0.2) is 0 Å². The molecule has 8 heteroatoms. The third-order valence-corrected chi connectivity index (χ3v) is 26.6. The summed E-state index contributed by atoms with van der Waals surface area (Å²) in [5.74, 6) is 0.382. The SMILES string of the molecule is OC(CC(O)=C(c1ccccc1)[PH+](c1ccccc1)c1ccccc1)=C(c1ccccc1)[PH+](c1ccccc1)c1ccccc1.[Ni].[Ni].[c-]1ccccc1.[c-]1ccccc1.c1ccc([PH+](c2ccccc2)c2ccccc2)cc1.c1ccc([PH+](c2ccccc2)c2ccccc2)cc1. The fourth-order valence-corrected chi connectivity index (χ4v) is 21.8. The molecule has 2 N–H and O–H groups in total. The Morgan fingerprint density at radius 1 is 0.206 bits per heavy atom. The van der Waals surface area contributed by atoms with Gasteiger partial charge in [-0.3, -0.25) is 0 Å². The number of hydrogen-bond acceptors (Lipinski definition) is 2. The normalized spacial score (nSPS) is 10.9. The van der Waals surface area contributed by atoms with Crippen molar-refractivity contribution < 1.29 is 43.2 Å². The molecule has 14 aromatic rings. The minimum atomic E-state index is -1.64. The van der Waals surface area contributed by atoms with Crippen LogP contribution in [-0.2, 0) is 33.0 Å². The van der Waals surface area contributed by atoms with Crippen molar-refractivity contribution in [3.8, 4) is 0 Å². The minimum absolute atomic E-state index is 0. The molecule has 0 atom stereocenters. The Morgan fingerprint density at radius 3 is 0.515 bits per heavy atom. The van der Waals surface area contributed by atoms with Crippen LogP contribution in [0.5, 0.6) is 0 Å². The summed E-state index contributed by atoms with van der Waals surface area (Å²) in [6.45, 7) is 0. The van der Waals surface area contributed by atoms with Crippen LogP contribution in [0.4, 0.5) is 0 Å². The Kier molecular flexibility index (Phi) is 31.7. The molecule has 97 heavy (non-hydrogen) atoms. The van der Waals surface area contributed by atoms with Gasteiger partial charge in [-0.15, -0.1) is 0 Å². The fraction of sp³-hybridized carbons (Fsp3) is 0.0112. The van der Waals surface area contributed by atoms with E-state index in [9.17, 15) is 10.2 Å². The van der Waals surface area contributed by atoms with Crippen molar-refractivity contribution in [2.45, 2.75) is 6.42 Å². The molecule has 0 saturated heterocycles. The first kappa shape index (κ1) is 73.7. The zero-order valence-corrected chi connectivity index (χ0v) is 59.6. The first-order valence-electron chi connectivity index (χ1n) is 31.9. The van der Waals surface area contributed by atoms with Crippen molar-refractivity contribution >= 4 is 95.4 Å². The standard InChI is InChI=1S/C41H34O2P2.2C18H15P.2C6H5.2Ni/c42-38(40(32-19-7-1-8-20-32)44(34-23-11-3-12-24-34)35-25-13-4-14-26-35)31-39(43)41(33-21-9-2-10-22-33)45(36-27-15-5-16-28-36)37-29-17-6-18-30-37;2*1-4-10-16(11-5-1)19(17-12-6-2-7-13-17)18-14-8-3-9-15-18;2*1-2-4-6-5-3-1;;/h1-30,42-43H,31H2;2*1-15H;2*1-5H;;/q;;;2*-1;;/p+4. The molecular weight excluding hydrogens is 1340 g/mol. The number of aliphatic hydroxyl groups excluding tert-OH is 2. The van der Waals surface area contributed by atoms with Crippen LogP contribution in [0.25, 0.3) is 10.6 Å². The fourth-order valence-electron chi connectivity index (χ4n) is 11.1. The first-order valence-corrected chi connectivity index (χ1v) is 37.9. The van der Waals surface area contributed by atoms with Crippen LogP contribution in [0.15, 0.2) is 436 Å². The van der Waals surface area contributed by atoms with E-state index in [-0.39, 0.29) is 50.9 Å². The Labute approximate surface area is 599 Å². The number of aliphatic hydroxyl groups is 2. The maximum Gasteiger partial charge on any atom is 0.147 e. The molecule has 14 rings (SSSR count). The van der Waals surface area contributed by atoms with Crippen LogP contribution in [0.1, 0.15) is 17.5 Å². The molecule has 0 aliphatic heterocycles. The third kappa shape index (κ3) is 22.5. The maximum absolute atomic E-state index is 12.3. The summed E-state index contributed by atoms with van der Waals surface area (Å²) in [7, 11) is -5.04. The third-order valence-electron chi connectivity index (χ3n) is 15.4. The minimum Gasteiger partial charge on any atom is -0.508 e. The quantitative estimate of drug-likeness (QED) is 0.0438. The van der Waals surface area contributed by atoms with E-state index in [1.807, 2.05) is 121 Å². The largest absolute Gasteiger partial charge is 0.508 e. The van der Waals surface area contributed by atoms with Crippen molar-refractivity contribution in [1.82, 2.24) is 0 Å². The van der Waals surface area contributed by atoms with E-state index in [0.29, 0.717) is 0 Å². The molecule has 0 spiro atoms. The van der Waals surface area contributed by atoms with Gasteiger partial charge in [0.1, 0.15) is 91.0 Å². The van der Waals surface area contributed by atoms with Gasteiger partial charge in [0.25, 0.3) is 0 Å². The smallest absolute Gasteiger partial charge is 0.147 e. The molecule has 0 aliphatic rings. The molecule has 0 aromatic heterocycles.